The molecule has 0 unspecified atom stereocenters. The van der Waals surface area contributed by atoms with Gasteiger partial charge < -0.3 is 5.32 Å². The summed E-state index contributed by atoms with van der Waals surface area (Å²) in [5.74, 6) is -0.221. The number of thiophene rings is 1. The lowest BCUT2D eigenvalue weighted by atomic mass is 10.1. The molecule has 0 bridgehead atoms. The minimum absolute atomic E-state index is 0.221. The van der Waals surface area contributed by atoms with Gasteiger partial charge in [-0.3, -0.25) is 0 Å². The Balaban J connectivity index is 2.51. The molecule has 1 nitrogen and oxygen atoms in total. The van der Waals surface area contributed by atoms with Crippen molar-refractivity contribution in [2.75, 3.05) is 7.05 Å². The zero-order valence-electron chi connectivity index (χ0n) is 8.76. The van der Waals surface area contributed by atoms with E-state index in [4.69, 9.17) is 11.6 Å². The summed E-state index contributed by atoms with van der Waals surface area (Å²) < 4.78 is 13.2. The van der Waals surface area contributed by atoms with E-state index in [2.05, 4.69) is 5.32 Å². The van der Waals surface area contributed by atoms with Crippen molar-refractivity contribution < 1.29 is 4.39 Å². The Bertz CT molecular complexity index is 496. The first kappa shape index (κ1) is 11.6. The molecule has 0 amide bonds. The molecule has 0 saturated carbocycles. The first-order chi connectivity index (χ1) is 7.72. The van der Waals surface area contributed by atoms with Crippen molar-refractivity contribution in [3.05, 3.63) is 46.0 Å². The number of hydrogen-bond acceptors (Lipinski definition) is 2. The highest BCUT2D eigenvalue weighted by atomic mass is 35.5. The molecule has 1 heterocycles. The van der Waals surface area contributed by atoms with Gasteiger partial charge in [-0.1, -0.05) is 17.7 Å². The van der Waals surface area contributed by atoms with Gasteiger partial charge in [-0.05, 0) is 41.8 Å². The predicted molar refractivity (Wildman–Crippen MR) is 67.5 cm³/mol. The molecule has 0 spiro atoms. The topological polar surface area (TPSA) is 12.0 Å². The van der Waals surface area contributed by atoms with Gasteiger partial charge in [0.25, 0.3) is 0 Å². The second-order valence-corrected chi connectivity index (χ2v) is 4.75. The lowest BCUT2D eigenvalue weighted by Gasteiger charge is -2.08. The van der Waals surface area contributed by atoms with E-state index in [1.54, 1.807) is 23.5 Å². The fourth-order valence-corrected chi connectivity index (χ4v) is 2.83. The van der Waals surface area contributed by atoms with E-state index in [9.17, 15) is 4.39 Å². The average molecular weight is 256 g/mol. The molecule has 0 aliphatic carbocycles. The van der Waals surface area contributed by atoms with E-state index >= 15 is 0 Å². The Hall–Kier alpha value is -0.900. The van der Waals surface area contributed by atoms with E-state index in [0.717, 1.165) is 16.0 Å². The second-order valence-electron chi connectivity index (χ2n) is 3.43. The Morgan fingerprint density at radius 3 is 2.81 bits per heavy atom. The molecule has 0 radical (unpaired) electrons. The van der Waals surface area contributed by atoms with E-state index in [0.29, 0.717) is 11.6 Å². The first-order valence-corrected chi connectivity index (χ1v) is 6.14. The van der Waals surface area contributed by atoms with Crippen LogP contribution in [0.15, 0.2) is 29.6 Å². The normalized spacial score (nSPS) is 10.7. The maximum absolute atomic E-state index is 13.2. The molecule has 0 aliphatic rings. The van der Waals surface area contributed by atoms with Crippen LogP contribution >= 0.6 is 22.9 Å². The van der Waals surface area contributed by atoms with Crippen LogP contribution < -0.4 is 5.32 Å². The van der Waals surface area contributed by atoms with Gasteiger partial charge in [0.1, 0.15) is 5.82 Å². The van der Waals surface area contributed by atoms with Crippen LogP contribution in [0.4, 0.5) is 4.39 Å². The molecule has 0 fully saturated rings. The molecule has 1 N–H and O–H groups in total. The minimum atomic E-state index is -0.221. The van der Waals surface area contributed by atoms with Crippen LogP contribution in [-0.2, 0) is 6.54 Å². The van der Waals surface area contributed by atoms with Crippen molar-refractivity contribution in [2.45, 2.75) is 6.54 Å². The quantitative estimate of drug-likeness (QED) is 0.876. The van der Waals surface area contributed by atoms with Crippen molar-refractivity contribution in [1.82, 2.24) is 5.32 Å². The molecule has 84 valence electrons. The molecule has 0 aliphatic heterocycles. The summed E-state index contributed by atoms with van der Waals surface area (Å²) in [4.78, 5) is 0.993. The smallest absolute Gasteiger partial charge is 0.123 e. The fraction of sp³-hybridized carbons (Fsp3) is 0.167. The van der Waals surface area contributed by atoms with Crippen LogP contribution in [-0.4, -0.2) is 7.05 Å². The van der Waals surface area contributed by atoms with Gasteiger partial charge in [-0.15, -0.1) is 11.3 Å². The number of hydrogen-bond donors (Lipinski definition) is 1. The average Bonchev–Trinajstić information content (AvgIpc) is 2.65. The third-order valence-corrected chi connectivity index (χ3v) is 3.67. The van der Waals surface area contributed by atoms with Crippen LogP contribution in [0.2, 0.25) is 5.02 Å². The first-order valence-electron chi connectivity index (χ1n) is 4.88. The van der Waals surface area contributed by atoms with Gasteiger partial charge in [0.2, 0.25) is 0 Å². The SMILES string of the molecule is CNCc1cc(F)ccc1-c1sccc1Cl. The summed E-state index contributed by atoms with van der Waals surface area (Å²) in [5, 5.41) is 5.68. The molecule has 1 aromatic heterocycles. The molecule has 16 heavy (non-hydrogen) atoms. The molecule has 0 atom stereocenters. The van der Waals surface area contributed by atoms with Crippen LogP contribution in [0, 0.1) is 5.82 Å². The van der Waals surface area contributed by atoms with E-state index in [1.807, 2.05) is 18.5 Å². The van der Waals surface area contributed by atoms with Gasteiger partial charge in [0.15, 0.2) is 0 Å². The molecular formula is C12H11ClFNS. The predicted octanol–water partition coefficient (Wildman–Crippen LogP) is 3.93. The monoisotopic (exact) mass is 255 g/mol. The van der Waals surface area contributed by atoms with Crippen LogP contribution in [0.3, 0.4) is 0 Å². The Morgan fingerprint density at radius 2 is 2.19 bits per heavy atom. The summed E-state index contributed by atoms with van der Waals surface area (Å²) >= 11 is 7.65. The van der Waals surface area contributed by atoms with E-state index in [-0.39, 0.29) is 5.82 Å². The Morgan fingerprint density at radius 1 is 1.38 bits per heavy atom. The third kappa shape index (κ3) is 2.26. The van der Waals surface area contributed by atoms with Crippen molar-refractivity contribution >= 4 is 22.9 Å². The second kappa shape index (κ2) is 4.95. The van der Waals surface area contributed by atoms with Crippen molar-refractivity contribution in [3.8, 4) is 10.4 Å². The Kier molecular flexibility index (Phi) is 3.59. The summed E-state index contributed by atoms with van der Waals surface area (Å²) in [7, 11) is 1.84. The number of benzene rings is 1. The van der Waals surface area contributed by atoms with E-state index in [1.165, 1.54) is 6.07 Å². The maximum Gasteiger partial charge on any atom is 0.123 e. The third-order valence-electron chi connectivity index (χ3n) is 2.30. The molecule has 4 heteroatoms. The van der Waals surface area contributed by atoms with Crippen molar-refractivity contribution in [3.63, 3.8) is 0 Å². The fourth-order valence-electron chi connectivity index (χ4n) is 1.61. The van der Waals surface area contributed by atoms with Crippen molar-refractivity contribution in [1.29, 1.82) is 0 Å². The minimum Gasteiger partial charge on any atom is -0.316 e. The lowest BCUT2D eigenvalue weighted by Crippen LogP contribution is -2.06. The van der Waals surface area contributed by atoms with Crippen LogP contribution in [0.1, 0.15) is 5.56 Å². The van der Waals surface area contributed by atoms with Gasteiger partial charge in [0.05, 0.1) is 9.90 Å². The van der Waals surface area contributed by atoms with Gasteiger partial charge in [-0.2, -0.15) is 0 Å². The largest absolute Gasteiger partial charge is 0.316 e. The molecule has 1 aromatic carbocycles. The van der Waals surface area contributed by atoms with Crippen LogP contribution in [0.5, 0.6) is 0 Å². The molecule has 0 saturated heterocycles. The van der Waals surface area contributed by atoms with E-state index < -0.39 is 0 Å². The summed E-state index contributed by atoms with van der Waals surface area (Å²) in [6.07, 6.45) is 0. The van der Waals surface area contributed by atoms with Crippen molar-refractivity contribution in [2.24, 2.45) is 0 Å². The maximum atomic E-state index is 13.2. The number of rotatable bonds is 3. The molecule has 2 rings (SSSR count). The summed E-state index contributed by atoms with van der Waals surface area (Å²) in [5.41, 5.74) is 1.92. The summed E-state index contributed by atoms with van der Waals surface area (Å²) in [6.45, 7) is 0.626. The number of nitrogens with one attached hydrogen (secondary N) is 1. The lowest BCUT2D eigenvalue weighted by molar-refractivity contribution is 0.624. The van der Waals surface area contributed by atoms with Gasteiger partial charge in [0, 0.05) is 6.54 Å². The molecule has 2 aromatic rings. The zero-order chi connectivity index (χ0) is 11.5. The summed E-state index contributed by atoms with van der Waals surface area (Å²) in [6, 6.07) is 6.64. The van der Waals surface area contributed by atoms with Gasteiger partial charge in [-0.25, -0.2) is 4.39 Å². The highest BCUT2D eigenvalue weighted by molar-refractivity contribution is 7.14. The number of halogens is 2. The standard InChI is InChI=1S/C12H11ClFNS/c1-15-7-8-6-9(14)2-3-10(8)12-11(13)4-5-16-12/h2-6,15H,7H2,1H3. The zero-order valence-corrected chi connectivity index (χ0v) is 10.3. The highest BCUT2D eigenvalue weighted by Crippen LogP contribution is 2.35. The van der Waals surface area contributed by atoms with Gasteiger partial charge >= 0.3 is 0 Å². The Labute approximate surface area is 103 Å². The molecular weight excluding hydrogens is 245 g/mol. The van der Waals surface area contributed by atoms with Crippen LogP contribution in [0.25, 0.3) is 10.4 Å². The highest BCUT2D eigenvalue weighted by Gasteiger charge is 2.10.